The van der Waals surface area contributed by atoms with Gasteiger partial charge in [0, 0.05) is 6.42 Å². The minimum absolute atomic E-state index is 0.0321. The molecule has 0 aromatic carbocycles. The second-order valence-electron chi connectivity index (χ2n) is 8.12. The van der Waals surface area contributed by atoms with Gasteiger partial charge in [-0.05, 0) is 26.0 Å². The number of nitrogen functional groups attached to an aromatic ring is 1. The Balaban J connectivity index is 1.76. The Kier molecular flexibility index (Phi) is 9.22. The molecule has 0 aliphatic carbocycles. The van der Waals surface area contributed by atoms with Gasteiger partial charge in [-0.3, -0.25) is 13.8 Å². The van der Waals surface area contributed by atoms with Crippen molar-refractivity contribution in [2.24, 2.45) is 0 Å². The number of aliphatic hydroxyl groups excluding tert-OH is 2. The summed E-state index contributed by atoms with van der Waals surface area (Å²) in [6, 6.07) is 4.75. The molecule has 0 amide bonds. The number of anilines is 1. The highest BCUT2D eigenvalue weighted by atomic mass is 31.2. The van der Waals surface area contributed by atoms with E-state index in [9.17, 15) is 29.6 Å². The highest BCUT2D eigenvalue weighted by Gasteiger charge is 2.58. The monoisotopic (exact) mass is 558 g/mol. The number of ether oxygens (including phenoxy) is 3. The smallest absolute Gasteiger partial charge is 0.432 e. The third-order valence-corrected chi connectivity index (χ3v) is 6.44. The van der Waals surface area contributed by atoms with Crippen molar-refractivity contribution in [3.8, 4) is 6.07 Å². The molecule has 1 aliphatic heterocycles. The Hall–Kier alpha value is -3.36. The largest absolute Gasteiger partial charge is 0.510 e. The van der Waals surface area contributed by atoms with Gasteiger partial charge < -0.3 is 35.0 Å². The van der Waals surface area contributed by atoms with Crippen molar-refractivity contribution in [3.05, 3.63) is 24.2 Å². The molecule has 3 rings (SSSR count). The molecule has 5 atom stereocenters. The molecular weight excluding hydrogens is 531 g/mol. The maximum atomic E-state index is 13.1. The second kappa shape index (κ2) is 12.0. The van der Waals surface area contributed by atoms with Gasteiger partial charge in [-0.15, -0.1) is 0 Å². The van der Waals surface area contributed by atoms with Gasteiger partial charge in [-0.1, -0.05) is 12.2 Å². The molecule has 38 heavy (non-hydrogen) atoms. The fourth-order valence-electron chi connectivity index (χ4n) is 3.36. The molecule has 1 aliphatic rings. The van der Waals surface area contributed by atoms with Crippen molar-refractivity contribution in [3.63, 3.8) is 0 Å². The molecule has 0 radical (unpaired) electrons. The average Bonchev–Trinajstić information content (AvgIpc) is 3.42. The molecule has 18 heteroatoms. The Morgan fingerprint density at radius 3 is 2.76 bits per heavy atom. The molecule has 2 aromatic heterocycles. The number of rotatable bonds is 11. The number of nitrogens with one attached hydrogen (secondary N) is 1. The Labute approximate surface area is 215 Å². The summed E-state index contributed by atoms with van der Waals surface area (Å²) in [7, 11) is -4.56. The molecule has 3 heterocycles. The molecule has 5 N–H and O–H groups in total. The van der Waals surface area contributed by atoms with Crippen LogP contribution in [0.25, 0.3) is 5.52 Å². The third-order valence-electron chi connectivity index (χ3n) is 5.19. The molecule has 1 saturated heterocycles. The number of nitriles is 1. The lowest BCUT2D eigenvalue weighted by molar-refractivity contribution is -0.148. The normalized spacial score (nSPS) is 24.6. The van der Waals surface area contributed by atoms with E-state index in [1.54, 1.807) is 13.8 Å². The zero-order valence-corrected chi connectivity index (χ0v) is 21.4. The number of hydrogen-bond acceptors (Lipinski definition) is 15. The van der Waals surface area contributed by atoms with E-state index >= 15 is 0 Å². The van der Waals surface area contributed by atoms with E-state index in [4.69, 9.17) is 24.3 Å². The van der Waals surface area contributed by atoms with Crippen LogP contribution in [0.3, 0.4) is 0 Å². The van der Waals surface area contributed by atoms with Crippen LogP contribution < -0.4 is 11.0 Å². The molecule has 0 bridgehead atoms. The Morgan fingerprint density at radius 1 is 1.37 bits per heavy atom. The maximum absolute atomic E-state index is 13.1. The topological polar surface area (TPSA) is 239 Å². The second-order valence-corrected chi connectivity index (χ2v) is 9.81. The maximum Gasteiger partial charge on any atom is 0.510 e. The minimum Gasteiger partial charge on any atom is -0.432 e. The van der Waals surface area contributed by atoms with Gasteiger partial charge in [0.1, 0.15) is 36.2 Å². The predicted octanol–water partition coefficient (Wildman–Crippen LogP) is 0.269. The molecular formula is C20H27N6O11P. The molecule has 2 aromatic rings. The van der Waals surface area contributed by atoms with Crippen molar-refractivity contribution in [2.45, 2.75) is 57.2 Å². The van der Waals surface area contributed by atoms with E-state index < -0.39 is 63.3 Å². The summed E-state index contributed by atoms with van der Waals surface area (Å²) in [6.45, 7) is 2.94. The standard InChI is InChI=1S/C20H27N6O11P/c1-4-15(27)37-25-38(31,34-10-32-19(30)35-11(2)3)33-7-13-16(28)17(29)20(8-21,36-13)14-6-5-12-18(22)23-9-24-26(12)14/h5-6,9,11,13,16-17,28-29H,4,7,10H2,1-3H3,(H,25,31)(H2,22,23,24)/t13-,16-,17-,20+,38-/m1/s1. The SMILES string of the molecule is CCC(=O)ON[P@](=O)(OCOC(=O)OC(C)C)OC[C@H]1O[C@@](C#N)(c2ccc3c(N)ncnn23)[C@H](O)[C@@H]1O. The lowest BCUT2D eigenvalue weighted by Crippen LogP contribution is -2.41. The van der Waals surface area contributed by atoms with Crippen LogP contribution in [-0.4, -0.2) is 74.8 Å². The first kappa shape index (κ1) is 29.2. The summed E-state index contributed by atoms with van der Waals surface area (Å²) in [6.07, 6.45) is -5.56. The van der Waals surface area contributed by atoms with Crippen molar-refractivity contribution in [2.75, 3.05) is 19.1 Å². The van der Waals surface area contributed by atoms with E-state index in [1.165, 1.54) is 23.6 Å². The summed E-state index contributed by atoms with van der Waals surface area (Å²) < 4.78 is 39.6. The van der Waals surface area contributed by atoms with Gasteiger partial charge in [0.15, 0.2) is 5.82 Å². The zero-order chi connectivity index (χ0) is 28.1. The van der Waals surface area contributed by atoms with Crippen LogP contribution in [0.1, 0.15) is 32.9 Å². The van der Waals surface area contributed by atoms with Gasteiger partial charge in [-0.2, -0.15) is 10.4 Å². The van der Waals surface area contributed by atoms with Crippen molar-refractivity contribution in [1.29, 1.82) is 5.26 Å². The van der Waals surface area contributed by atoms with Crippen LogP contribution in [0.2, 0.25) is 0 Å². The minimum atomic E-state index is -4.56. The fourth-order valence-corrected chi connectivity index (χ4v) is 4.29. The predicted molar refractivity (Wildman–Crippen MR) is 123 cm³/mol. The number of fused-ring (bicyclic) bond motifs is 1. The Bertz CT molecular complexity index is 1250. The fraction of sp³-hybridized carbons (Fsp3) is 0.550. The van der Waals surface area contributed by atoms with Gasteiger partial charge in [0.25, 0.3) is 0 Å². The number of aliphatic hydroxyl groups is 2. The van der Waals surface area contributed by atoms with Crippen LogP contribution in [0.15, 0.2) is 18.5 Å². The summed E-state index contributed by atoms with van der Waals surface area (Å²) in [5, 5.41) is 37.3. The van der Waals surface area contributed by atoms with E-state index in [1.807, 2.05) is 11.3 Å². The summed E-state index contributed by atoms with van der Waals surface area (Å²) in [5.74, 6) is -0.729. The molecule has 0 saturated carbocycles. The summed E-state index contributed by atoms with van der Waals surface area (Å²) in [5.41, 5.74) is 4.03. The summed E-state index contributed by atoms with van der Waals surface area (Å²) >= 11 is 0. The first-order chi connectivity index (χ1) is 18.0. The lowest BCUT2D eigenvalue weighted by atomic mass is 9.92. The van der Waals surface area contributed by atoms with Crippen LogP contribution in [-0.2, 0) is 43.1 Å². The first-order valence-corrected chi connectivity index (χ1v) is 12.7. The zero-order valence-electron chi connectivity index (χ0n) is 20.5. The van der Waals surface area contributed by atoms with Crippen molar-refractivity contribution < 1.29 is 52.5 Å². The summed E-state index contributed by atoms with van der Waals surface area (Å²) in [4.78, 5) is 31.5. The van der Waals surface area contributed by atoms with Gasteiger partial charge in [0.05, 0.1) is 18.4 Å². The highest BCUT2D eigenvalue weighted by molar-refractivity contribution is 7.51. The van der Waals surface area contributed by atoms with Crippen molar-refractivity contribution in [1.82, 2.24) is 19.8 Å². The lowest BCUT2D eigenvalue weighted by Gasteiger charge is -2.24. The van der Waals surface area contributed by atoms with Gasteiger partial charge >= 0.3 is 19.9 Å². The average molecular weight is 558 g/mol. The van der Waals surface area contributed by atoms with E-state index in [0.717, 1.165) is 6.33 Å². The van der Waals surface area contributed by atoms with Crippen molar-refractivity contribution >= 4 is 31.2 Å². The van der Waals surface area contributed by atoms with E-state index in [2.05, 4.69) is 19.7 Å². The number of nitrogens with zero attached hydrogens (tertiary/aromatic N) is 4. The van der Waals surface area contributed by atoms with Crippen LogP contribution in [0.4, 0.5) is 10.6 Å². The number of carbonyl (C=O) groups is 2. The molecule has 1 fully saturated rings. The third kappa shape index (κ3) is 6.19. The number of carbonyl (C=O) groups excluding carboxylic acids is 2. The van der Waals surface area contributed by atoms with Crippen LogP contribution in [0.5, 0.6) is 0 Å². The molecule has 17 nitrogen and oxygen atoms in total. The van der Waals surface area contributed by atoms with E-state index in [-0.39, 0.29) is 17.9 Å². The molecule has 0 unspecified atom stereocenters. The van der Waals surface area contributed by atoms with Crippen LogP contribution in [0, 0.1) is 11.3 Å². The Morgan fingerprint density at radius 2 is 2.11 bits per heavy atom. The molecule has 208 valence electrons. The quantitative estimate of drug-likeness (QED) is 0.125. The van der Waals surface area contributed by atoms with Crippen LogP contribution >= 0.6 is 7.75 Å². The first-order valence-electron chi connectivity index (χ1n) is 11.2. The highest BCUT2D eigenvalue weighted by Crippen LogP contribution is 2.46. The van der Waals surface area contributed by atoms with E-state index in [0.29, 0.717) is 5.52 Å². The number of nitrogens with two attached hydrogens (primary N) is 1. The van der Waals surface area contributed by atoms with Gasteiger partial charge in [-0.25, -0.2) is 18.9 Å². The number of hydrogen-bond donors (Lipinski definition) is 4. The van der Waals surface area contributed by atoms with Gasteiger partial charge in [0.2, 0.25) is 12.4 Å². The number of aromatic nitrogens is 3. The molecule has 0 spiro atoms.